The standard InChI is InChI=1S/C13H14N4OS/c1-18-9-4-2-8(3-5-9)12-15-11-7-19-6-10(11)13(16-12)17-14/h2-5H,6-7,14H2,1H3,(H,15,16,17). The Kier molecular flexibility index (Phi) is 3.27. The molecular formula is C13H14N4OS. The minimum atomic E-state index is 0.692. The van der Waals surface area contributed by atoms with E-state index in [4.69, 9.17) is 10.6 Å². The average Bonchev–Trinajstić information content (AvgIpc) is 2.94. The monoisotopic (exact) mass is 274 g/mol. The molecule has 0 atom stereocenters. The van der Waals surface area contributed by atoms with Gasteiger partial charge < -0.3 is 10.2 Å². The number of hydrazine groups is 1. The normalized spacial score (nSPS) is 13.2. The van der Waals surface area contributed by atoms with E-state index in [9.17, 15) is 0 Å². The number of aromatic nitrogens is 2. The van der Waals surface area contributed by atoms with Crippen LogP contribution in [0.3, 0.4) is 0 Å². The number of nitrogens with zero attached hydrogens (tertiary/aromatic N) is 2. The molecule has 2 heterocycles. The second kappa shape index (κ2) is 5.07. The Balaban J connectivity index is 2.04. The van der Waals surface area contributed by atoms with Crippen molar-refractivity contribution in [2.24, 2.45) is 5.84 Å². The lowest BCUT2D eigenvalue weighted by atomic mass is 10.2. The molecule has 0 bridgehead atoms. The molecule has 3 rings (SSSR count). The summed E-state index contributed by atoms with van der Waals surface area (Å²) < 4.78 is 5.15. The average molecular weight is 274 g/mol. The van der Waals surface area contributed by atoms with E-state index in [0.29, 0.717) is 5.82 Å². The first-order valence-corrected chi connectivity index (χ1v) is 7.06. The zero-order chi connectivity index (χ0) is 13.2. The van der Waals surface area contributed by atoms with E-state index in [1.54, 1.807) is 7.11 Å². The molecule has 2 aromatic rings. The second-order valence-corrected chi connectivity index (χ2v) is 5.17. The third kappa shape index (κ3) is 2.24. The molecule has 98 valence electrons. The van der Waals surface area contributed by atoms with E-state index in [0.717, 1.165) is 39.9 Å². The summed E-state index contributed by atoms with van der Waals surface area (Å²) >= 11 is 1.82. The number of nitrogens with two attached hydrogens (primary N) is 1. The highest BCUT2D eigenvalue weighted by atomic mass is 32.2. The summed E-state index contributed by atoms with van der Waals surface area (Å²) in [6.45, 7) is 0. The highest BCUT2D eigenvalue weighted by Gasteiger charge is 2.19. The van der Waals surface area contributed by atoms with Gasteiger partial charge in [-0.15, -0.1) is 0 Å². The first kappa shape index (κ1) is 12.3. The lowest BCUT2D eigenvalue weighted by Crippen LogP contribution is -2.12. The molecule has 0 radical (unpaired) electrons. The van der Waals surface area contributed by atoms with Crippen LogP contribution >= 0.6 is 11.8 Å². The maximum Gasteiger partial charge on any atom is 0.161 e. The van der Waals surface area contributed by atoms with Crippen molar-refractivity contribution >= 4 is 17.6 Å². The summed E-state index contributed by atoms with van der Waals surface area (Å²) in [5.74, 6) is 9.60. The molecule has 0 saturated heterocycles. The molecule has 5 nitrogen and oxygen atoms in total. The van der Waals surface area contributed by atoms with E-state index in [-0.39, 0.29) is 0 Å². The fourth-order valence-corrected chi connectivity index (χ4v) is 3.08. The number of hydrogen-bond acceptors (Lipinski definition) is 6. The summed E-state index contributed by atoms with van der Waals surface area (Å²) in [6, 6.07) is 7.69. The van der Waals surface area contributed by atoms with Gasteiger partial charge in [-0.05, 0) is 24.3 Å². The Labute approximate surface area is 115 Å². The zero-order valence-corrected chi connectivity index (χ0v) is 11.3. The first-order valence-electron chi connectivity index (χ1n) is 5.90. The van der Waals surface area contributed by atoms with Gasteiger partial charge in [0.25, 0.3) is 0 Å². The molecule has 6 heteroatoms. The van der Waals surface area contributed by atoms with Gasteiger partial charge in [-0.2, -0.15) is 11.8 Å². The lowest BCUT2D eigenvalue weighted by Gasteiger charge is -2.09. The number of hydrogen-bond donors (Lipinski definition) is 2. The number of thioether (sulfide) groups is 1. The second-order valence-electron chi connectivity index (χ2n) is 4.19. The molecular weight excluding hydrogens is 260 g/mol. The van der Waals surface area contributed by atoms with Crippen molar-refractivity contribution in [1.82, 2.24) is 9.97 Å². The Morgan fingerprint density at radius 3 is 2.68 bits per heavy atom. The van der Waals surface area contributed by atoms with Gasteiger partial charge >= 0.3 is 0 Å². The van der Waals surface area contributed by atoms with Gasteiger partial charge in [0.2, 0.25) is 0 Å². The smallest absolute Gasteiger partial charge is 0.161 e. The first-order chi connectivity index (χ1) is 9.31. The van der Waals surface area contributed by atoms with Crippen LogP contribution in [0.15, 0.2) is 24.3 Å². The number of benzene rings is 1. The SMILES string of the molecule is COc1ccc(-c2nc3c(c(NN)n2)CSC3)cc1. The van der Waals surface area contributed by atoms with Crippen LogP contribution in [0.2, 0.25) is 0 Å². The van der Waals surface area contributed by atoms with E-state index in [1.165, 1.54) is 0 Å². The Hall–Kier alpha value is -1.79. The molecule has 0 amide bonds. The van der Waals surface area contributed by atoms with Crippen molar-refractivity contribution in [3.63, 3.8) is 0 Å². The molecule has 0 fully saturated rings. The molecule has 1 aromatic heterocycles. The molecule has 1 aromatic carbocycles. The Morgan fingerprint density at radius 2 is 2.00 bits per heavy atom. The van der Waals surface area contributed by atoms with Crippen LogP contribution in [0, 0.1) is 0 Å². The number of nitrogen functional groups attached to an aromatic ring is 1. The molecule has 0 saturated carbocycles. The maximum atomic E-state index is 5.55. The van der Waals surface area contributed by atoms with Crippen LogP contribution in [0.25, 0.3) is 11.4 Å². The molecule has 3 N–H and O–H groups in total. The molecule has 0 aliphatic carbocycles. The van der Waals surface area contributed by atoms with Crippen molar-refractivity contribution in [2.45, 2.75) is 11.5 Å². The van der Waals surface area contributed by atoms with Crippen molar-refractivity contribution < 1.29 is 4.74 Å². The fourth-order valence-electron chi connectivity index (χ4n) is 2.04. The van der Waals surface area contributed by atoms with Gasteiger partial charge in [-0.1, -0.05) is 0 Å². The van der Waals surface area contributed by atoms with Crippen molar-refractivity contribution in [3.05, 3.63) is 35.5 Å². The van der Waals surface area contributed by atoms with Crippen LogP contribution in [0.4, 0.5) is 5.82 Å². The number of methoxy groups -OCH3 is 1. The summed E-state index contributed by atoms with van der Waals surface area (Å²) in [4.78, 5) is 9.11. The molecule has 0 spiro atoms. The van der Waals surface area contributed by atoms with Crippen molar-refractivity contribution in [1.29, 1.82) is 0 Å². The molecule has 1 aliphatic rings. The van der Waals surface area contributed by atoms with Crippen LogP contribution in [-0.2, 0) is 11.5 Å². The minimum absolute atomic E-state index is 0.692. The number of ether oxygens (including phenoxy) is 1. The van der Waals surface area contributed by atoms with Gasteiger partial charge in [0.1, 0.15) is 11.6 Å². The van der Waals surface area contributed by atoms with Gasteiger partial charge in [0.15, 0.2) is 5.82 Å². The summed E-state index contributed by atoms with van der Waals surface area (Å²) in [5, 5.41) is 0. The van der Waals surface area contributed by atoms with E-state index in [2.05, 4.69) is 15.4 Å². The van der Waals surface area contributed by atoms with Gasteiger partial charge in [-0.3, -0.25) is 0 Å². The lowest BCUT2D eigenvalue weighted by molar-refractivity contribution is 0.415. The maximum absolute atomic E-state index is 5.55. The number of nitrogens with one attached hydrogen (secondary N) is 1. The van der Waals surface area contributed by atoms with Gasteiger partial charge in [0.05, 0.1) is 12.8 Å². The largest absolute Gasteiger partial charge is 0.497 e. The summed E-state index contributed by atoms with van der Waals surface area (Å²) in [6.07, 6.45) is 0. The predicted octanol–water partition coefficient (Wildman–Crippen LogP) is 2.18. The van der Waals surface area contributed by atoms with Crippen LogP contribution in [0.5, 0.6) is 5.75 Å². The van der Waals surface area contributed by atoms with Crippen molar-refractivity contribution in [2.75, 3.05) is 12.5 Å². The molecule has 1 aliphatic heterocycles. The molecule has 19 heavy (non-hydrogen) atoms. The topological polar surface area (TPSA) is 73.1 Å². The molecule has 0 unspecified atom stereocenters. The minimum Gasteiger partial charge on any atom is -0.497 e. The third-order valence-corrected chi connectivity index (χ3v) is 4.03. The van der Waals surface area contributed by atoms with Crippen LogP contribution in [-0.4, -0.2) is 17.1 Å². The van der Waals surface area contributed by atoms with E-state index >= 15 is 0 Å². The zero-order valence-electron chi connectivity index (χ0n) is 10.5. The number of anilines is 1. The number of rotatable bonds is 3. The highest BCUT2D eigenvalue weighted by Crippen LogP contribution is 2.34. The van der Waals surface area contributed by atoms with Gasteiger partial charge in [-0.25, -0.2) is 15.8 Å². The predicted molar refractivity (Wildman–Crippen MR) is 76.8 cm³/mol. The van der Waals surface area contributed by atoms with E-state index < -0.39 is 0 Å². The Morgan fingerprint density at radius 1 is 1.21 bits per heavy atom. The quantitative estimate of drug-likeness (QED) is 0.660. The van der Waals surface area contributed by atoms with Crippen LogP contribution < -0.4 is 16.0 Å². The summed E-state index contributed by atoms with van der Waals surface area (Å²) in [5.41, 5.74) is 5.81. The summed E-state index contributed by atoms with van der Waals surface area (Å²) in [7, 11) is 1.65. The van der Waals surface area contributed by atoms with Crippen LogP contribution in [0.1, 0.15) is 11.3 Å². The fraction of sp³-hybridized carbons (Fsp3) is 0.231. The Bertz CT molecular complexity index is 600. The van der Waals surface area contributed by atoms with Crippen molar-refractivity contribution in [3.8, 4) is 17.1 Å². The highest BCUT2D eigenvalue weighted by molar-refractivity contribution is 7.98. The number of fused-ring (bicyclic) bond motifs is 1. The van der Waals surface area contributed by atoms with Gasteiger partial charge in [0, 0.05) is 22.6 Å². The van der Waals surface area contributed by atoms with E-state index in [1.807, 2.05) is 36.0 Å². The third-order valence-electron chi connectivity index (χ3n) is 3.06.